The van der Waals surface area contributed by atoms with Gasteiger partial charge in [0.05, 0.1) is 4.29 Å². The second-order valence-electron chi connectivity index (χ2n) is 4.71. The van der Waals surface area contributed by atoms with E-state index in [1.807, 2.05) is 0 Å². The van der Waals surface area contributed by atoms with E-state index in [2.05, 4.69) is 53.3 Å². The van der Waals surface area contributed by atoms with Gasteiger partial charge in [0, 0.05) is 17.6 Å². The van der Waals surface area contributed by atoms with Gasteiger partial charge in [-0.1, -0.05) is 41.9 Å². The molecule has 15 heavy (non-hydrogen) atoms. The zero-order valence-corrected chi connectivity index (χ0v) is 11.3. The Bertz CT molecular complexity index is 374. The van der Waals surface area contributed by atoms with Crippen LogP contribution < -0.4 is 5.32 Å². The van der Waals surface area contributed by atoms with Crippen molar-refractivity contribution >= 4 is 33.2 Å². The fourth-order valence-corrected chi connectivity index (χ4v) is 2.57. The van der Waals surface area contributed by atoms with Gasteiger partial charge >= 0.3 is 0 Å². The molecule has 0 aromatic heterocycles. The van der Waals surface area contributed by atoms with Crippen molar-refractivity contribution in [3.8, 4) is 0 Å². The maximum Gasteiger partial charge on any atom is 0.0926 e. The summed E-state index contributed by atoms with van der Waals surface area (Å²) in [4.78, 5) is 0. The number of nitrogens with one attached hydrogen (secondary N) is 1. The topological polar surface area (TPSA) is 12.0 Å². The number of alkyl halides is 2. The van der Waals surface area contributed by atoms with Crippen LogP contribution in [0.4, 0.5) is 5.69 Å². The highest BCUT2D eigenvalue weighted by molar-refractivity contribution is 9.10. The third-order valence-electron chi connectivity index (χ3n) is 2.92. The van der Waals surface area contributed by atoms with Crippen molar-refractivity contribution in [1.29, 1.82) is 0 Å². The van der Waals surface area contributed by atoms with Gasteiger partial charge < -0.3 is 5.32 Å². The van der Waals surface area contributed by atoms with Crippen LogP contribution in [0.25, 0.3) is 0 Å². The minimum absolute atomic E-state index is 0.0213. The molecule has 1 aliphatic heterocycles. The molecule has 0 unspecified atom stereocenters. The normalized spacial score (nSPS) is 19.5. The number of hydrogen-bond acceptors (Lipinski definition) is 1. The largest absolute Gasteiger partial charge is 0.384 e. The molecular formula is C12H15BrClN. The van der Waals surface area contributed by atoms with E-state index in [1.165, 1.54) is 16.8 Å². The van der Waals surface area contributed by atoms with Gasteiger partial charge in [0.25, 0.3) is 0 Å². The maximum atomic E-state index is 5.94. The van der Waals surface area contributed by atoms with Crippen molar-refractivity contribution in [1.82, 2.24) is 0 Å². The summed E-state index contributed by atoms with van der Waals surface area (Å²) < 4.78 is 0.0213. The van der Waals surface area contributed by atoms with Crippen LogP contribution >= 0.6 is 27.5 Å². The fourth-order valence-electron chi connectivity index (χ4n) is 2.02. The van der Waals surface area contributed by atoms with Gasteiger partial charge in [0.15, 0.2) is 0 Å². The first-order valence-electron chi connectivity index (χ1n) is 5.14. The van der Waals surface area contributed by atoms with Crippen LogP contribution in [-0.4, -0.2) is 10.8 Å². The SMILES string of the molecule is CC1(C)CNc2ccc(C[C@@H](Cl)Br)cc21. The molecule has 1 aromatic carbocycles. The van der Waals surface area contributed by atoms with Gasteiger partial charge in [-0.05, 0) is 23.6 Å². The molecule has 2 rings (SSSR count). The Balaban J connectivity index is 2.33. The van der Waals surface area contributed by atoms with Gasteiger partial charge in [-0.3, -0.25) is 0 Å². The molecule has 3 heteroatoms. The van der Waals surface area contributed by atoms with Crippen LogP contribution in [0.2, 0.25) is 0 Å². The van der Waals surface area contributed by atoms with E-state index in [4.69, 9.17) is 11.6 Å². The lowest BCUT2D eigenvalue weighted by Gasteiger charge is -2.17. The first kappa shape index (κ1) is 11.3. The van der Waals surface area contributed by atoms with Crippen LogP contribution in [-0.2, 0) is 11.8 Å². The Hall–Kier alpha value is -0.210. The van der Waals surface area contributed by atoms with Gasteiger partial charge in [-0.25, -0.2) is 0 Å². The van der Waals surface area contributed by atoms with E-state index < -0.39 is 0 Å². The Morgan fingerprint density at radius 1 is 1.53 bits per heavy atom. The van der Waals surface area contributed by atoms with E-state index in [0.717, 1.165) is 13.0 Å². The number of halogens is 2. The standard InChI is InChI=1S/C12H15BrClN/c1-12(2)7-15-10-4-3-8(5-9(10)12)6-11(13)14/h3-5,11,15H,6-7H2,1-2H3/t11-/m1/s1. The second kappa shape index (κ2) is 3.99. The molecule has 0 amide bonds. The molecule has 1 atom stereocenters. The van der Waals surface area contributed by atoms with Gasteiger partial charge in [-0.15, -0.1) is 11.6 Å². The average Bonchev–Trinajstić information content (AvgIpc) is 2.42. The van der Waals surface area contributed by atoms with Crippen LogP contribution in [0.15, 0.2) is 18.2 Å². The minimum Gasteiger partial charge on any atom is -0.384 e. The fraction of sp³-hybridized carbons (Fsp3) is 0.500. The van der Waals surface area contributed by atoms with Crippen LogP contribution in [0.1, 0.15) is 25.0 Å². The molecule has 1 aliphatic rings. The van der Waals surface area contributed by atoms with Crippen molar-refractivity contribution in [2.24, 2.45) is 0 Å². The van der Waals surface area contributed by atoms with Crippen LogP contribution in [0.5, 0.6) is 0 Å². The Morgan fingerprint density at radius 3 is 2.93 bits per heavy atom. The van der Waals surface area contributed by atoms with Crippen molar-refractivity contribution in [3.63, 3.8) is 0 Å². The predicted octanol–water partition coefficient (Wildman–Crippen LogP) is 3.89. The van der Waals surface area contributed by atoms with Crippen LogP contribution in [0.3, 0.4) is 0 Å². The second-order valence-corrected chi connectivity index (χ2v) is 6.87. The highest BCUT2D eigenvalue weighted by Gasteiger charge is 2.29. The van der Waals surface area contributed by atoms with Crippen molar-refractivity contribution < 1.29 is 0 Å². The third-order valence-corrected chi connectivity index (χ3v) is 3.40. The minimum atomic E-state index is 0.0213. The molecule has 0 aliphatic carbocycles. The molecule has 1 nitrogen and oxygen atoms in total. The Kier molecular flexibility index (Phi) is 3.00. The number of rotatable bonds is 2. The molecule has 0 spiro atoms. The maximum absolute atomic E-state index is 5.94. The molecule has 1 heterocycles. The van der Waals surface area contributed by atoms with Gasteiger partial charge in [-0.2, -0.15) is 0 Å². The number of fused-ring (bicyclic) bond motifs is 1. The zero-order chi connectivity index (χ0) is 11.1. The monoisotopic (exact) mass is 287 g/mol. The van der Waals surface area contributed by atoms with Crippen molar-refractivity contribution in [2.45, 2.75) is 30.0 Å². The molecule has 0 bridgehead atoms. The lowest BCUT2D eigenvalue weighted by atomic mass is 9.86. The van der Waals surface area contributed by atoms with Crippen molar-refractivity contribution in [2.75, 3.05) is 11.9 Å². The molecule has 0 fully saturated rings. The summed E-state index contributed by atoms with van der Waals surface area (Å²) in [7, 11) is 0. The molecule has 0 saturated heterocycles. The van der Waals surface area contributed by atoms with E-state index >= 15 is 0 Å². The predicted molar refractivity (Wildman–Crippen MR) is 70.2 cm³/mol. The van der Waals surface area contributed by atoms with Crippen molar-refractivity contribution in [3.05, 3.63) is 29.3 Å². The Labute approximate surface area is 104 Å². The smallest absolute Gasteiger partial charge is 0.0926 e. The molecule has 0 saturated carbocycles. The first-order chi connectivity index (χ1) is 6.99. The summed E-state index contributed by atoms with van der Waals surface area (Å²) in [5.74, 6) is 0. The van der Waals surface area contributed by atoms with E-state index in [9.17, 15) is 0 Å². The number of benzene rings is 1. The van der Waals surface area contributed by atoms with Gasteiger partial charge in [0.1, 0.15) is 0 Å². The molecule has 1 aromatic rings. The molecule has 82 valence electrons. The summed E-state index contributed by atoms with van der Waals surface area (Å²) in [5.41, 5.74) is 4.20. The lowest BCUT2D eigenvalue weighted by Crippen LogP contribution is -2.19. The summed E-state index contributed by atoms with van der Waals surface area (Å²) >= 11 is 9.31. The van der Waals surface area contributed by atoms with E-state index in [-0.39, 0.29) is 9.70 Å². The summed E-state index contributed by atoms with van der Waals surface area (Å²) in [5, 5.41) is 3.43. The first-order valence-corrected chi connectivity index (χ1v) is 6.50. The summed E-state index contributed by atoms with van der Waals surface area (Å²) in [6.45, 7) is 5.55. The molecule has 1 N–H and O–H groups in total. The third kappa shape index (κ3) is 2.31. The zero-order valence-electron chi connectivity index (χ0n) is 8.98. The van der Waals surface area contributed by atoms with E-state index in [1.54, 1.807) is 0 Å². The quantitative estimate of drug-likeness (QED) is 0.814. The highest BCUT2D eigenvalue weighted by Crippen LogP contribution is 2.36. The summed E-state index contributed by atoms with van der Waals surface area (Å²) in [6.07, 6.45) is 0.866. The lowest BCUT2D eigenvalue weighted by molar-refractivity contribution is 0.585. The van der Waals surface area contributed by atoms with Gasteiger partial charge in [0.2, 0.25) is 0 Å². The number of hydrogen-bond donors (Lipinski definition) is 1. The molecule has 0 radical (unpaired) electrons. The summed E-state index contributed by atoms with van der Waals surface area (Å²) in [6, 6.07) is 6.57. The average molecular weight is 289 g/mol. The van der Waals surface area contributed by atoms with Crippen LogP contribution in [0, 0.1) is 0 Å². The Morgan fingerprint density at radius 2 is 2.27 bits per heavy atom. The highest BCUT2D eigenvalue weighted by atomic mass is 79.9. The number of anilines is 1. The van der Waals surface area contributed by atoms with E-state index in [0.29, 0.717) is 0 Å². The molecular weight excluding hydrogens is 273 g/mol.